The van der Waals surface area contributed by atoms with Crippen LogP contribution in [0.3, 0.4) is 0 Å². The molecule has 0 saturated heterocycles. The molecule has 114 valence electrons. The van der Waals surface area contributed by atoms with Crippen LogP contribution in [-0.2, 0) is 10.2 Å². The van der Waals surface area contributed by atoms with Gasteiger partial charge in [-0.1, -0.05) is 26.8 Å². The van der Waals surface area contributed by atoms with Crippen LogP contribution in [0.5, 0.6) is 0 Å². The van der Waals surface area contributed by atoms with Gasteiger partial charge in [-0.15, -0.1) is 0 Å². The van der Waals surface area contributed by atoms with E-state index in [2.05, 4.69) is 37.1 Å². The lowest BCUT2D eigenvalue weighted by atomic mass is 9.92. The van der Waals surface area contributed by atoms with E-state index in [9.17, 15) is 4.79 Å². The molecule has 0 aliphatic heterocycles. The summed E-state index contributed by atoms with van der Waals surface area (Å²) in [4.78, 5) is 15.3. The van der Waals surface area contributed by atoms with Crippen molar-refractivity contribution in [2.24, 2.45) is 0 Å². The molecule has 4 nitrogen and oxygen atoms in total. The van der Waals surface area contributed by atoms with E-state index >= 15 is 0 Å². The van der Waals surface area contributed by atoms with Crippen LogP contribution >= 0.6 is 0 Å². The predicted molar refractivity (Wildman–Crippen MR) is 86.9 cm³/mol. The van der Waals surface area contributed by atoms with E-state index in [1.54, 1.807) is 0 Å². The highest BCUT2D eigenvalue weighted by Gasteiger charge is 2.19. The summed E-state index contributed by atoms with van der Waals surface area (Å²) >= 11 is 0. The molecule has 2 rings (SSSR count). The van der Waals surface area contributed by atoms with E-state index in [4.69, 9.17) is 4.74 Å². The van der Waals surface area contributed by atoms with Gasteiger partial charge in [0.25, 0.3) is 0 Å². The van der Waals surface area contributed by atoms with Crippen molar-refractivity contribution in [3.63, 3.8) is 0 Å². The number of carbonyl (C=O) groups is 1. The molecule has 0 aliphatic carbocycles. The number of amides is 1. The third-order valence-corrected chi connectivity index (χ3v) is 3.11. The van der Waals surface area contributed by atoms with Crippen molar-refractivity contribution in [1.29, 1.82) is 0 Å². The number of nitrogens with one attached hydrogen (secondary N) is 2. The third-order valence-electron chi connectivity index (χ3n) is 3.11. The van der Waals surface area contributed by atoms with Gasteiger partial charge in [-0.3, -0.25) is 5.32 Å². The van der Waals surface area contributed by atoms with Crippen LogP contribution in [-0.4, -0.2) is 16.7 Å². The van der Waals surface area contributed by atoms with Gasteiger partial charge >= 0.3 is 6.09 Å². The highest BCUT2D eigenvalue weighted by Crippen LogP contribution is 2.30. The number of hydrogen-bond acceptors (Lipinski definition) is 2. The van der Waals surface area contributed by atoms with Crippen molar-refractivity contribution in [2.45, 2.75) is 52.6 Å². The normalized spacial score (nSPS) is 12.5. The molecule has 0 spiro atoms. The lowest BCUT2D eigenvalue weighted by Crippen LogP contribution is -2.27. The quantitative estimate of drug-likeness (QED) is 0.791. The fraction of sp³-hybridized carbons (Fsp3) is 0.471. The number of fused-ring (bicyclic) bond motifs is 1. The van der Waals surface area contributed by atoms with Gasteiger partial charge in [0, 0.05) is 22.0 Å². The molecule has 2 N–H and O–H groups in total. The molecule has 21 heavy (non-hydrogen) atoms. The summed E-state index contributed by atoms with van der Waals surface area (Å²) < 4.78 is 5.30. The maximum atomic E-state index is 11.9. The molecule has 1 heterocycles. The summed E-state index contributed by atoms with van der Waals surface area (Å²) in [7, 11) is 0. The number of aromatic nitrogens is 1. The molecule has 0 radical (unpaired) electrons. The SMILES string of the molecule is CC(C)(C)OC(=O)Nc1cccc2[nH]c(C(C)(C)C)cc12. The van der Waals surface area contributed by atoms with Gasteiger partial charge in [-0.05, 0) is 39.0 Å². The van der Waals surface area contributed by atoms with E-state index in [-0.39, 0.29) is 5.41 Å². The van der Waals surface area contributed by atoms with Crippen LogP contribution < -0.4 is 5.32 Å². The second-order valence-electron chi connectivity index (χ2n) is 7.33. The monoisotopic (exact) mass is 288 g/mol. The fourth-order valence-corrected chi connectivity index (χ4v) is 2.08. The minimum Gasteiger partial charge on any atom is -0.444 e. The molecular formula is C17H24N2O2. The van der Waals surface area contributed by atoms with Crippen molar-refractivity contribution in [3.05, 3.63) is 30.0 Å². The van der Waals surface area contributed by atoms with Gasteiger partial charge < -0.3 is 9.72 Å². The molecule has 0 bridgehead atoms. The Hall–Kier alpha value is -1.97. The first kappa shape index (κ1) is 15.4. The molecule has 0 fully saturated rings. The number of benzene rings is 1. The Morgan fingerprint density at radius 3 is 2.38 bits per heavy atom. The van der Waals surface area contributed by atoms with Crippen molar-refractivity contribution in [1.82, 2.24) is 4.98 Å². The standard InChI is InChI=1S/C17H24N2O2/c1-16(2,3)14-10-11-12(18-14)8-7-9-13(11)19-15(20)21-17(4,5)6/h7-10,18H,1-6H3,(H,19,20). The fourth-order valence-electron chi connectivity index (χ4n) is 2.08. The number of anilines is 1. The van der Waals surface area contributed by atoms with E-state index in [0.29, 0.717) is 0 Å². The summed E-state index contributed by atoms with van der Waals surface area (Å²) in [5, 5.41) is 3.82. The van der Waals surface area contributed by atoms with Crippen LogP contribution in [0.4, 0.5) is 10.5 Å². The van der Waals surface area contributed by atoms with E-state index < -0.39 is 11.7 Å². The minimum atomic E-state index is -0.507. The van der Waals surface area contributed by atoms with Crippen molar-refractivity contribution in [3.8, 4) is 0 Å². The molecule has 0 atom stereocenters. The summed E-state index contributed by atoms with van der Waals surface area (Å²) in [5.41, 5.74) is 2.42. The summed E-state index contributed by atoms with van der Waals surface area (Å²) in [6.45, 7) is 12.0. The van der Waals surface area contributed by atoms with E-state index in [1.807, 2.05) is 39.0 Å². The van der Waals surface area contributed by atoms with Crippen LogP contribution in [0, 0.1) is 0 Å². The number of carbonyl (C=O) groups excluding carboxylic acids is 1. The molecule has 1 amide bonds. The molecule has 1 aromatic heterocycles. The van der Waals surface area contributed by atoms with Gasteiger partial charge in [-0.25, -0.2) is 4.79 Å². The first-order valence-corrected chi connectivity index (χ1v) is 7.18. The van der Waals surface area contributed by atoms with Gasteiger partial charge in [0.05, 0.1) is 5.69 Å². The number of rotatable bonds is 1. The van der Waals surface area contributed by atoms with E-state index in [1.165, 1.54) is 0 Å². The Morgan fingerprint density at radius 1 is 1.14 bits per heavy atom. The topological polar surface area (TPSA) is 54.1 Å². The number of aromatic amines is 1. The van der Waals surface area contributed by atoms with Gasteiger partial charge in [0.15, 0.2) is 0 Å². The molecular weight excluding hydrogens is 264 g/mol. The average Bonchev–Trinajstić information content (AvgIpc) is 2.70. The highest BCUT2D eigenvalue weighted by molar-refractivity contribution is 5.99. The number of hydrogen-bond donors (Lipinski definition) is 2. The Morgan fingerprint density at radius 2 is 1.81 bits per heavy atom. The second kappa shape index (κ2) is 5.10. The largest absolute Gasteiger partial charge is 0.444 e. The minimum absolute atomic E-state index is 0.0300. The number of ether oxygens (including phenoxy) is 1. The highest BCUT2D eigenvalue weighted by atomic mass is 16.6. The Labute approximate surface area is 125 Å². The van der Waals surface area contributed by atoms with Gasteiger partial charge in [0.1, 0.15) is 5.60 Å². The van der Waals surface area contributed by atoms with Crippen LogP contribution in [0.2, 0.25) is 0 Å². The van der Waals surface area contributed by atoms with Crippen molar-refractivity contribution >= 4 is 22.7 Å². The lowest BCUT2D eigenvalue weighted by Gasteiger charge is -2.19. The molecule has 4 heteroatoms. The van der Waals surface area contributed by atoms with Crippen molar-refractivity contribution in [2.75, 3.05) is 5.32 Å². The zero-order chi connectivity index (χ0) is 15.8. The van der Waals surface area contributed by atoms with Gasteiger partial charge in [0.2, 0.25) is 0 Å². The van der Waals surface area contributed by atoms with Crippen molar-refractivity contribution < 1.29 is 9.53 Å². The van der Waals surface area contributed by atoms with Crippen LogP contribution in [0.1, 0.15) is 47.2 Å². The summed E-state index contributed by atoms with van der Waals surface area (Å²) in [6, 6.07) is 7.89. The molecule has 0 unspecified atom stereocenters. The van der Waals surface area contributed by atoms with Crippen LogP contribution in [0.25, 0.3) is 10.9 Å². The first-order chi connectivity index (χ1) is 9.56. The summed E-state index contributed by atoms with van der Waals surface area (Å²) in [5.74, 6) is 0. The molecule has 0 saturated carbocycles. The third kappa shape index (κ3) is 3.78. The second-order valence-corrected chi connectivity index (χ2v) is 7.33. The van der Waals surface area contributed by atoms with E-state index in [0.717, 1.165) is 22.3 Å². The smallest absolute Gasteiger partial charge is 0.412 e. The maximum Gasteiger partial charge on any atom is 0.412 e. The molecule has 0 aliphatic rings. The molecule has 2 aromatic rings. The van der Waals surface area contributed by atoms with Crippen LogP contribution in [0.15, 0.2) is 24.3 Å². The zero-order valence-electron chi connectivity index (χ0n) is 13.6. The molecule has 1 aromatic carbocycles. The number of H-pyrrole nitrogens is 1. The lowest BCUT2D eigenvalue weighted by molar-refractivity contribution is 0.0636. The summed E-state index contributed by atoms with van der Waals surface area (Å²) in [6.07, 6.45) is -0.437. The predicted octanol–water partition coefficient (Wildman–Crippen LogP) is 4.81. The maximum absolute atomic E-state index is 11.9. The zero-order valence-corrected chi connectivity index (χ0v) is 13.6. The first-order valence-electron chi connectivity index (χ1n) is 7.18. The Kier molecular flexibility index (Phi) is 3.74. The Balaban J connectivity index is 2.32. The Bertz CT molecular complexity index is 657. The van der Waals surface area contributed by atoms with Gasteiger partial charge in [-0.2, -0.15) is 0 Å². The average molecular weight is 288 g/mol.